The Morgan fingerprint density at radius 2 is 1.96 bits per heavy atom. The molecule has 2 amide bonds. The number of anilines is 1. The fourth-order valence-corrected chi connectivity index (χ4v) is 1.73. The Balaban J connectivity index is 0.00000529. The number of rotatable bonds is 10. The summed E-state index contributed by atoms with van der Waals surface area (Å²) >= 11 is 0. The lowest BCUT2D eigenvalue weighted by Crippen LogP contribution is -2.36. The molecule has 0 aromatic heterocycles. The van der Waals surface area contributed by atoms with Crippen LogP contribution in [-0.4, -0.2) is 44.2 Å². The van der Waals surface area contributed by atoms with Gasteiger partial charge >= 0.3 is 0 Å². The maximum absolute atomic E-state index is 11.7. The van der Waals surface area contributed by atoms with Gasteiger partial charge in [-0.2, -0.15) is 0 Å². The van der Waals surface area contributed by atoms with Gasteiger partial charge in [-0.05, 0) is 31.5 Å². The van der Waals surface area contributed by atoms with E-state index in [0.717, 1.165) is 5.56 Å². The second-order valence-electron chi connectivity index (χ2n) is 5.20. The molecule has 0 fully saturated rings. The summed E-state index contributed by atoms with van der Waals surface area (Å²) in [6, 6.07) is 7.34. The molecule has 8 heteroatoms. The third-order valence-corrected chi connectivity index (χ3v) is 2.79. The number of halogens is 1. The predicted molar refractivity (Wildman–Crippen MR) is 95.1 cm³/mol. The maximum atomic E-state index is 11.7. The predicted octanol–water partition coefficient (Wildman–Crippen LogP) is 1.06. The number of ether oxygens (including phenoxy) is 2. The highest BCUT2D eigenvalue weighted by atomic mass is 35.5. The van der Waals surface area contributed by atoms with Crippen molar-refractivity contribution in [3.8, 4) is 0 Å². The molecule has 0 spiro atoms. The molecule has 7 nitrogen and oxygen atoms in total. The van der Waals surface area contributed by atoms with Gasteiger partial charge in [-0.3, -0.25) is 9.59 Å². The van der Waals surface area contributed by atoms with Gasteiger partial charge in [0.05, 0.1) is 39.0 Å². The summed E-state index contributed by atoms with van der Waals surface area (Å²) in [6.45, 7) is 5.21. The normalized spacial score (nSPS) is 10.2. The molecule has 0 saturated heterocycles. The second-order valence-corrected chi connectivity index (χ2v) is 5.20. The first-order valence-electron chi connectivity index (χ1n) is 7.56. The molecule has 1 aromatic carbocycles. The van der Waals surface area contributed by atoms with E-state index in [4.69, 9.17) is 15.2 Å². The lowest BCUT2D eigenvalue weighted by Gasteiger charge is -2.10. The van der Waals surface area contributed by atoms with Crippen LogP contribution in [0.25, 0.3) is 0 Å². The van der Waals surface area contributed by atoms with Crippen molar-refractivity contribution in [2.75, 3.05) is 31.6 Å². The van der Waals surface area contributed by atoms with Gasteiger partial charge in [0.1, 0.15) is 0 Å². The fraction of sp³-hybridized carbons (Fsp3) is 0.500. The maximum Gasteiger partial charge on any atom is 0.243 e. The van der Waals surface area contributed by atoms with Crippen LogP contribution >= 0.6 is 12.4 Å². The molecule has 4 N–H and O–H groups in total. The summed E-state index contributed by atoms with van der Waals surface area (Å²) in [6.07, 6.45) is 0.192. The smallest absolute Gasteiger partial charge is 0.243 e. The van der Waals surface area contributed by atoms with Crippen LogP contribution < -0.4 is 16.4 Å². The molecule has 0 aliphatic heterocycles. The number of nitrogens with one attached hydrogen (secondary N) is 2. The Morgan fingerprint density at radius 1 is 1.21 bits per heavy atom. The molecule has 0 radical (unpaired) electrons. The highest BCUT2D eigenvalue weighted by molar-refractivity contribution is 5.94. The number of hydrogen-bond donors (Lipinski definition) is 3. The van der Waals surface area contributed by atoms with Crippen LogP contribution in [0.15, 0.2) is 24.3 Å². The first-order chi connectivity index (χ1) is 11.0. The van der Waals surface area contributed by atoms with Crippen molar-refractivity contribution in [2.45, 2.75) is 26.6 Å². The molecule has 0 bridgehead atoms. The second kappa shape index (κ2) is 12.7. The van der Waals surface area contributed by atoms with Gasteiger partial charge in [0.25, 0.3) is 0 Å². The molecule has 0 heterocycles. The Hall–Kier alpha value is -1.67. The van der Waals surface area contributed by atoms with Crippen LogP contribution in [0.1, 0.15) is 19.4 Å². The lowest BCUT2D eigenvalue weighted by atomic mass is 10.2. The van der Waals surface area contributed by atoms with Crippen LogP contribution in [0.5, 0.6) is 0 Å². The zero-order chi connectivity index (χ0) is 17.1. The fourth-order valence-electron chi connectivity index (χ4n) is 1.73. The van der Waals surface area contributed by atoms with Crippen molar-refractivity contribution in [1.82, 2.24) is 5.32 Å². The summed E-state index contributed by atoms with van der Waals surface area (Å²) in [5.74, 6) is -0.680. The molecule has 136 valence electrons. The van der Waals surface area contributed by atoms with Crippen molar-refractivity contribution in [3.63, 3.8) is 0 Å². The quantitative estimate of drug-likeness (QED) is 0.542. The minimum atomic E-state index is -0.370. The minimum Gasteiger partial charge on any atom is -0.376 e. The van der Waals surface area contributed by atoms with Crippen LogP contribution in [0.2, 0.25) is 0 Å². The largest absolute Gasteiger partial charge is 0.376 e. The number of amides is 2. The molecule has 0 aliphatic carbocycles. The molecule has 0 unspecified atom stereocenters. The van der Waals surface area contributed by atoms with E-state index in [0.29, 0.717) is 25.5 Å². The summed E-state index contributed by atoms with van der Waals surface area (Å²) < 4.78 is 10.9. The van der Waals surface area contributed by atoms with Gasteiger partial charge in [0.15, 0.2) is 0 Å². The number of nitrogens with two attached hydrogens (primary N) is 1. The minimum absolute atomic E-state index is 0. The number of benzene rings is 1. The molecular formula is C16H26ClN3O4. The highest BCUT2D eigenvalue weighted by Gasteiger charge is 2.05. The van der Waals surface area contributed by atoms with E-state index in [1.165, 1.54) is 0 Å². The van der Waals surface area contributed by atoms with E-state index >= 15 is 0 Å². The standard InChI is InChI=1S/C16H25N3O4.ClH/c1-12(2)23-7-6-22-11-13-4-3-5-14(8-13)19-16(21)10-18-15(20)9-17;/h3-5,8,12H,6-7,9-11,17H2,1-2H3,(H,18,20)(H,19,21);1H. The average molecular weight is 360 g/mol. The zero-order valence-electron chi connectivity index (χ0n) is 14.0. The van der Waals surface area contributed by atoms with Crippen LogP contribution in [0, 0.1) is 0 Å². The van der Waals surface area contributed by atoms with E-state index < -0.39 is 0 Å². The Morgan fingerprint density at radius 3 is 2.62 bits per heavy atom. The SMILES string of the molecule is CC(C)OCCOCc1cccc(NC(=O)CNC(=O)CN)c1.Cl. The Bertz CT molecular complexity index is 512. The molecule has 0 saturated carbocycles. The van der Waals surface area contributed by atoms with E-state index in [-0.39, 0.29) is 43.4 Å². The first-order valence-corrected chi connectivity index (χ1v) is 7.56. The van der Waals surface area contributed by atoms with Gasteiger partial charge in [-0.1, -0.05) is 12.1 Å². The third-order valence-electron chi connectivity index (χ3n) is 2.79. The first kappa shape index (κ1) is 22.3. The monoisotopic (exact) mass is 359 g/mol. The summed E-state index contributed by atoms with van der Waals surface area (Å²) in [5.41, 5.74) is 6.74. The van der Waals surface area contributed by atoms with E-state index in [2.05, 4.69) is 10.6 Å². The van der Waals surface area contributed by atoms with Crippen molar-refractivity contribution in [2.24, 2.45) is 5.73 Å². The molecule has 24 heavy (non-hydrogen) atoms. The van der Waals surface area contributed by atoms with Crippen molar-refractivity contribution >= 4 is 29.9 Å². The van der Waals surface area contributed by atoms with Gasteiger partial charge in [0.2, 0.25) is 11.8 Å². The summed E-state index contributed by atoms with van der Waals surface area (Å²) in [4.78, 5) is 22.7. The molecule has 0 aliphatic rings. The summed E-state index contributed by atoms with van der Waals surface area (Å²) in [7, 11) is 0. The van der Waals surface area contributed by atoms with Crippen LogP contribution in [-0.2, 0) is 25.7 Å². The van der Waals surface area contributed by atoms with Gasteiger partial charge in [0, 0.05) is 5.69 Å². The molecule has 0 atom stereocenters. The van der Waals surface area contributed by atoms with Crippen molar-refractivity contribution < 1.29 is 19.1 Å². The van der Waals surface area contributed by atoms with Gasteiger partial charge in [-0.25, -0.2) is 0 Å². The topological polar surface area (TPSA) is 103 Å². The van der Waals surface area contributed by atoms with Crippen molar-refractivity contribution in [3.05, 3.63) is 29.8 Å². The zero-order valence-corrected chi connectivity index (χ0v) is 14.9. The Labute approximate surface area is 148 Å². The van der Waals surface area contributed by atoms with Gasteiger partial charge < -0.3 is 25.8 Å². The van der Waals surface area contributed by atoms with Crippen LogP contribution in [0.3, 0.4) is 0 Å². The number of carbonyl (C=O) groups is 2. The molecule has 1 rings (SSSR count). The molecular weight excluding hydrogens is 334 g/mol. The third kappa shape index (κ3) is 10.2. The highest BCUT2D eigenvalue weighted by Crippen LogP contribution is 2.11. The average Bonchev–Trinajstić information content (AvgIpc) is 2.52. The van der Waals surface area contributed by atoms with Crippen LogP contribution in [0.4, 0.5) is 5.69 Å². The molecule has 1 aromatic rings. The van der Waals surface area contributed by atoms with Crippen molar-refractivity contribution in [1.29, 1.82) is 0 Å². The van der Waals surface area contributed by atoms with Gasteiger partial charge in [-0.15, -0.1) is 12.4 Å². The van der Waals surface area contributed by atoms with E-state index in [1.54, 1.807) is 6.07 Å². The summed E-state index contributed by atoms with van der Waals surface area (Å²) in [5, 5.41) is 5.11. The Kier molecular flexibility index (Phi) is 11.8. The lowest BCUT2D eigenvalue weighted by molar-refractivity contribution is -0.123. The number of carbonyl (C=O) groups excluding carboxylic acids is 2. The van der Waals surface area contributed by atoms with E-state index in [1.807, 2.05) is 32.0 Å². The van der Waals surface area contributed by atoms with E-state index in [9.17, 15) is 9.59 Å². The number of hydrogen-bond acceptors (Lipinski definition) is 5.